The molecule has 0 aliphatic rings. The summed E-state index contributed by atoms with van der Waals surface area (Å²) in [6, 6.07) is 12.7. The highest BCUT2D eigenvalue weighted by atomic mass is 32.1. The predicted molar refractivity (Wildman–Crippen MR) is 71.8 cm³/mol. The molecule has 0 saturated heterocycles. The van der Waals surface area contributed by atoms with E-state index in [1.54, 1.807) is 6.07 Å². The first-order valence-corrected chi connectivity index (χ1v) is 6.51. The molecule has 0 radical (unpaired) electrons. The van der Waals surface area contributed by atoms with Gasteiger partial charge in [0, 0.05) is 0 Å². The molecule has 1 unspecified atom stereocenters. The lowest BCUT2D eigenvalue weighted by atomic mass is 10.1. The lowest BCUT2D eigenvalue weighted by Gasteiger charge is -2.11. The zero-order chi connectivity index (χ0) is 12.8. The molecule has 1 aromatic carbocycles. The average molecular weight is 259 g/mol. The van der Waals surface area contributed by atoms with Crippen LogP contribution in [0.15, 0.2) is 47.8 Å². The van der Waals surface area contributed by atoms with E-state index in [0.717, 1.165) is 11.8 Å². The van der Waals surface area contributed by atoms with Gasteiger partial charge in [0.25, 0.3) is 5.91 Å². The van der Waals surface area contributed by atoms with E-state index in [4.69, 9.17) is 0 Å². The highest BCUT2D eigenvalue weighted by molar-refractivity contribution is 7.12. The van der Waals surface area contributed by atoms with E-state index < -0.39 is 6.04 Å². The highest BCUT2D eigenvalue weighted by Crippen LogP contribution is 2.09. The van der Waals surface area contributed by atoms with E-state index in [1.165, 1.54) is 11.3 Å². The fraction of sp³-hybridized carbons (Fsp3) is 0.143. The van der Waals surface area contributed by atoms with E-state index in [2.05, 4.69) is 5.32 Å². The van der Waals surface area contributed by atoms with Crippen LogP contribution in [0.2, 0.25) is 0 Å². The fourth-order valence-electron chi connectivity index (χ4n) is 1.65. The number of carbonyl (C=O) groups excluding carboxylic acids is 2. The Kier molecular flexibility index (Phi) is 4.25. The molecule has 1 amide bonds. The second-order valence-electron chi connectivity index (χ2n) is 3.88. The summed E-state index contributed by atoms with van der Waals surface area (Å²) >= 11 is 1.36. The minimum atomic E-state index is -0.484. The molecule has 0 aliphatic carbocycles. The monoisotopic (exact) mass is 259 g/mol. The lowest BCUT2D eigenvalue weighted by Crippen LogP contribution is -2.37. The zero-order valence-electron chi connectivity index (χ0n) is 9.71. The van der Waals surface area contributed by atoms with Crippen LogP contribution in [0.1, 0.15) is 15.2 Å². The van der Waals surface area contributed by atoms with Gasteiger partial charge in [0.1, 0.15) is 6.29 Å². The van der Waals surface area contributed by atoms with Gasteiger partial charge in [-0.1, -0.05) is 36.4 Å². The Balaban J connectivity index is 1.98. The summed E-state index contributed by atoms with van der Waals surface area (Å²) < 4.78 is 0. The normalized spacial score (nSPS) is 11.8. The van der Waals surface area contributed by atoms with E-state index in [-0.39, 0.29) is 5.91 Å². The maximum atomic E-state index is 11.8. The van der Waals surface area contributed by atoms with Crippen LogP contribution in [0, 0.1) is 0 Å². The first kappa shape index (κ1) is 12.5. The number of carbonyl (C=O) groups is 2. The summed E-state index contributed by atoms with van der Waals surface area (Å²) in [5.74, 6) is -0.196. The highest BCUT2D eigenvalue weighted by Gasteiger charge is 2.13. The van der Waals surface area contributed by atoms with Crippen LogP contribution in [-0.2, 0) is 11.2 Å². The Hall–Kier alpha value is -1.94. The Bertz CT molecular complexity index is 508. The molecule has 1 aromatic heterocycles. The summed E-state index contributed by atoms with van der Waals surface area (Å²) in [4.78, 5) is 23.4. The number of thiophene rings is 1. The van der Waals surface area contributed by atoms with Crippen LogP contribution in [0.25, 0.3) is 0 Å². The minimum absolute atomic E-state index is 0.196. The third-order valence-corrected chi connectivity index (χ3v) is 3.39. The molecule has 4 heteroatoms. The number of rotatable bonds is 5. The standard InChI is InChI=1S/C14H13NO2S/c16-10-12(9-11-5-2-1-3-6-11)15-14(17)13-7-4-8-18-13/h1-8,10,12H,9H2,(H,15,17). The van der Waals surface area contributed by atoms with Crippen molar-refractivity contribution in [2.75, 3.05) is 0 Å². The average Bonchev–Trinajstić information content (AvgIpc) is 2.93. The SMILES string of the molecule is O=CC(Cc1ccccc1)NC(=O)c1cccs1. The molecule has 0 spiro atoms. The lowest BCUT2D eigenvalue weighted by molar-refractivity contribution is -0.109. The molecule has 2 rings (SSSR count). The maximum absolute atomic E-state index is 11.8. The van der Waals surface area contributed by atoms with Crippen LogP contribution >= 0.6 is 11.3 Å². The summed E-state index contributed by atoms with van der Waals surface area (Å²) in [6.07, 6.45) is 1.29. The van der Waals surface area contributed by atoms with Gasteiger partial charge in [-0.15, -0.1) is 11.3 Å². The van der Waals surface area contributed by atoms with E-state index >= 15 is 0 Å². The van der Waals surface area contributed by atoms with E-state index in [0.29, 0.717) is 11.3 Å². The molecule has 92 valence electrons. The number of nitrogens with one attached hydrogen (secondary N) is 1. The molecule has 0 saturated carbocycles. The van der Waals surface area contributed by atoms with Crippen molar-refractivity contribution in [1.82, 2.24) is 5.32 Å². The van der Waals surface area contributed by atoms with Gasteiger partial charge in [0.05, 0.1) is 10.9 Å². The second-order valence-corrected chi connectivity index (χ2v) is 4.83. The van der Waals surface area contributed by atoms with Gasteiger partial charge in [-0.05, 0) is 23.4 Å². The van der Waals surface area contributed by atoms with Crippen molar-refractivity contribution in [3.63, 3.8) is 0 Å². The van der Waals surface area contributed by atoms with Crippen LogP contribution < -0.4 is 5.32 Å². The quantitative estimate of drug-likeness (QED) is 0.837. The molecular weight excluding hydrogens is 246 g/mol. The summed E-state index contributed by atoms with van der Waals surface area (Å²) in [6.45, 7) is 0. The number of aldehydes is 1. The van der Waals surface area contributed by atoms with Crippen molar-refractivity contribution in [2.24, 2.45) is 0 Å². The Morgan fingerprint density at radius 3 is 2.61 bits per heavy atom. The van der Waals surface area contributed by atoms with Crippen molar-refractivity contribution in [2.45, 2.75) is 12.5 Å². The summed E-state index contributed by atoms with van der Waals surface area (Å²) in [5, 5.41) is 4.56. The van der Waals surface area contributed by atoms with Gasteiger partial charge in [0.2, 0.25) is 0 Å². The topological polar surface area (TPSA) is 46.2 Å². The minimum Gasteiger partial charge on any atom is -0.341 e. The van der Waals surface area contributed by atoms with Crippen LogP contribution in [0.3, 0.4) is 0 Å². The van der Waals surface area contributed by atoms with Crippen LogP contribution in [-0.4, -0.2) is 18.2 Å². The van der Waals surface area contributed by atoms with Gasteiger partial charge in [0.15, 0.2) is 0 Å². The van der Waals surface area contributed by atoms with Crippen molar-refractivity contribution in [1.29, 1.82) is 0 Å². The smallest absolute Gasteiger partial charge is 0.261 e. The Morgan fingerprint density at radius 1 is 1.22 bits per heavy atom. The third kappa shape index (κ3) is 3.28. The number of benzene rings is 1. The first-order chi connectivity index (χ1) is 8.79. The molecular formula is C14H13NO2S. The molecule has 0 fully saturated rings. The van der Waals surface area contributed by atoms with E-state index in [1.807, 2.05) is 41.8 Å². The first-order valence-electron chi connectivity index (χ1n) is 5.63. The van der Waals surface area contributed by atoms with Crippen molar-refractivity contribution in [3.8, 4) is 0 Å². The molecule has 1 atom stereocenters. The fourth-order valence-corrected chi connectivity index (χ4v) is 2.28. The van der Waals surface area contributed by atoms with Gasteiger partial charge in [-0.25, -0.2) is 0 Å². The summed E-state index contributed by atoms with van der Waals surface area (Å²) in [7, 11) is 0. The van der Waals surface area contributed by atoms with E-state index in [9.17, 15) is 9.59 Å². The predicted octanol–water partition coefficient (Wildman–Crippen LogP) is 2.29. The molecule has 1 N–H and O–H groups in total. The third-order valence-electron chi connectivity index (χ3n) is 2.52. The molecule has 3 nitrogen and oxygen atoms in total. The number of hydrogen-bond acceptors (Lipinski definition) is 3. The van der Waals surface area contributed by atoms with Gasteiger partial charge >= 0.3 is 0 Å². The van der Waals surface area contributed by atoms with Gasteiger partial charge in [-0.3, -0.25) is 4.79 Å². The number of hydrogen-bond donors (Lipinski definition) is 1. The molecule has 0 bridgehead atoms. The molecule has 2 aromatic rings. The van der Waals surface area contributed by atoms with Crippen molar-refractivity contribution in [3.05, 3.63) is 58.3 Å². The Morgan fingerprint density at radius 2 is 2.00 bits per heavy atom. The van der Waals surface area contributed by atoms with Gasteiger partial charge in [-0.2, -0.15) is 0 Å². The van der Waals surface area contributed by atoms with Crippen molar-refractivity contribution >= 4 is 23.5 Å². The zero-order valence-corrected chi connectivity index (χ0v) is 10.5. The second kappa shape index (κ2) is 6.12. The Labute approximate surface area is 109 Å². The maximum Gasteiger partial charge on any atom is 0.261 e. The summed E-state index contributed by atoms with van der Waals surface area (Å²) in [5.41, 5.74) is 1.03. The molecule has 1 heterocycles. The number of amides is 1. The largest absolute Gasteiger partial charge is 0.341 e. The molecule has 0 aliphatic heterocycles. The molecule has 18 heavy (non-hydrogen) atoms. The van der Waals surface area contributed by atoms with Gasteiger partial charge < -0.3 is 10.1 Å². The van der Waals surface area contributed by atoms with Crippen LogP contribution in [0.5, 0.6) is 0 Å². The van der Waals surface area contributed by atoms with Crippen LogP contribution in [0.4, 0.5) is 0 Å². The van der Waals surface area contributed by atoms with Crippen molar-refractivity contribution < 1.29 is 9.59 Å².